The summed E-state index contributed by atoms with van der Waals surface area (Å²) in [5, 5.41) is 1.15. The number of fused-ring (bicyclic) bond motifs is 1. The third kappa shape index (κ3) is 2.51. The molecule has 0 radical (unpaired) electrons. The molecular formula is C12H22O3SSi. The van der Waals surface area contributed by atoms with Crippen LogP contribution in [0.1, 0.15) is 26.2 Å². The third-order valence-corrected chi connectivity index (χ3v) is 7.99. The molecule has 0 amide bonds. The summed E-state index contributed by atoms with van der Waals surface area (Å²) < 4.78 is 29.3. The molecule has 0 bridgehead atoms. The lowest BCUT2D eigenvalue weighted by molar-refractivity contribution is 0.163. The Kier molecular flexibility index (Phi) is 3.29. The van der Waals surface area contributed by atoms with Crippen LogP contribution in [0.25, 0.3) is 0 Å². The zero-order valence-electron chi connectivity index (χ0n) is 11.1. The summed E-state index contributed by atoms with van der Waals surface area (Å²) >= 11 is 0. The van der Waals surface area contributed by atoms with Crippen molar-refractivity contribution in [2.24, 2.45) is 5.92 Å². The quantitative estimate of drug-likeness (QED) is 0.545. The average Bonchev–Trinajstić information content (AvgIpc) is 2.13. The van der Waals surface area contributed by atoms with Crippen molar-refractivity contribution in [3.05, 3.63) is 11.3 Å². The van der Waals surface area contributed by atoms with Crippen molar-refractivity contribution in [3.8, 4) is 0 Å². The van der Waals surface area contributed by atoms with Crippen molar-refractivity contribution in [2.75, 3.05) is 0 Å². The largest absolute Gasteiger partial charge is 0.271 e. The van der Waals surface area contributed by atoms with Gasteiger partial charge >= 0.3 is 0 Å². The van der Waals surface area contributed by atoms with E-state index in [4.69, 9.17) is 4.18 Å². The molecule has 1 aliphatic heterocycles. The fourth-order valence-corrected chi connectivity index (χ4v) is 7.21. The van der Waals surface area contributed by atoms with E-state index in [0.29, 0.717) is 0 Å². The Morgan fingerprint density at radius 2 is 2.00 bits per heavy atom. The van der Waals surface area contributed by atoms with E-state index in [2.05, 4.69) is 25.7 Å². The summed E-state index contributed by atoms with van der Waals surface area (Å²) in [6, 6.07) is 0. The molecule has 17 heavy (non-hydrogen) atoms. The summed E-state index contributed by atoms with van der Waals surface area (Å²) in [6.45, 7) is 8.76. The molecule has 5 heteroatoms. The van der Waals surface area contributed by atoms with Crippen LogP contribution < -0.4 is 0 Å². The molecule has 0 spiro atoms. The van der Waals surface area contributed by atoms with E-state index in [1.807, 2.05) is 6.92 Å². The average molecular weight is 274 g/mol. The zero-order chi connectivity index (χ0) is 12.8. The Morgan fingerprint density at radius 3 is 2.59 bits per heavy atom. The van der Waals surface area contributed by atoms with E-state index < -0.39 is 18.2 Å². The Bertz CT molecular complexity index is 433. The maximum atomic E-state index is 12.1. The van der Waals surface area contributed by atoms with Crippen molar-refractivity contribution in [3.63, 3.8) is 0 Å². The predicted octanol–water partition coefficient (Wildman–Crippen LogP) is 2.71. The highest BCUT2D eigenvalue weighted by Crippen LogP contribution is 2.42. The standard InChI is InChI=1S/C12H22O3SSi/c1-9-8-10-11(16(13,14)15-9)6-5-7-12(10)17(2,3)4/h7,9-11H,5-6,8H2,1-4H3/t9-,10+,11-/m1/s1. The highest BCUT2D eigenvalue weighted by Gasteiger charge is 2.46. The van der Waals surface area contributed by atoms with Gasteiger partial charge in [-0.3, -0.25) is 4.18 Å². The number of hydrogen-bond acceptors (Lipinski definition) is 3. The Hall–Kier alpha value is -0.133. The zero-order valence-corrected chi connectivity index (χ0v) is 12.9. The van der Waals surface area contributed by atoms with Gasteiger partial charge in [0.1, 0.15) is 0 Å². The van der Waals surface area contributed by atoms with Crippen molar-refractivity contribution in [1.82, 2.24) is 0 Å². The first-order valence-electron chi connectivity index (χ1n) is 6.34. The van der Waals surface area contributed by atoms with Crippen LogP contribution in [0, 0.1) is 5.92 Å². The molecule has 2 rings (SSSR count). The van der Waals surface area contributed by atoms with Gasteiger partial charge in [0.25, 0.3) is 10.1 Å². The highest BCUT2D eigenvalue weighted by atomic mass is 32.2. The number of allylic oxidation sites excluding steroid dienone is 2. The van der Waals surface area contributed by atoms with Crippen LogP contribution in [0.5, 0.6) is 0 Å². The van der Waals surface area contributed by atoms with Gasteiger partial charge in [-0.15, -0.1) is 0 Å². The van der Waals surface area contributed by atoms with Crippen LogP contribution in [-0.2, 0) is 14.3 Å². The minimum absolute atomic E-state index is 0.168. The highest BCUT2D eigenvalue weighted by molar-refractivity contribution is 7.87. The van der Waals surface area contributed by atoms with Crippen LogP contribution in [0.4, 0.5) is 0 Å². The molecule has 0 aromatic carbocycles. The van der Waals surface area contributed by atoms with E-state index in [1.165, 1.54) is 5.20 Å². The molecule has 1 aliphatic carbocycles. The van der Waals surface area contributed by atoms with Crippen LogP contribution in [0.3, 0.4) is 0 Å². The summed E-state index contributed by atoms with van der Waals surface area (Å²) in [4.78, 5) is 0. The first kappa shape index (κ1) is 13.3. The molecule has 0 aromatic rings. The fraction of sp³-hybridized carbons (Fsp3) is 0.833. The molecule has 0 N–H and O–H groups in total. The summed E-state index contributed by atoms with van der Waals surface area (Å²) in [7, 11) is -4.76. The topological polar surface area (TPSA) is 43.4 Å². The van der Waals surface area contributed by atoms with Gasteiger partial charge in [0.05, 0.1) is 19.4 Å². The van der Waals surface area contributed by atoms with Crippen molar-refractivity contribution in [2.45, 2.75) is 57.2 Å². The van der Waals surface area contributed by atoms with Crippen molar-refractivity contribution < 1.29 is 12.6 Å². The van der Waals surface area contributed by atoms with Gasteiger partial charge in [-0.2, -0.15) is 8.42 Å². The minimum atomic E-state index is -3.34. The lowest BCUT2D eigenvalue weighted by Gasteiger charge is -2.41. The van der Waals surface area contributed by atoms with Crippen molar-refractivity contribution in [1.29, 1.82) is 0 Å². The smallest absolute Gasteiger partial charge is 0.267 e. The maximum Gasteiger partial charge on any atom is 0.271 e. The van der Waals surface area contributed by atoms with Crippen LogP contribution >= 0.6 is 0 Å². The first-order chi connectivity index (χ1) is 7.72. The number of rotatable bonds is 1. The van der Waals surface area contributed by atoms with Crippen LogP contribution in [-0.4, -0.2) is 27.8 Å². The minimum Gasteiger partial charge on any atom is -0.267 e. The molecule has 1 heterocycles. The van der Waals surface area contributed by atoms with Gasteiger partial charge < -0.3 is 0 Å². The molecule has 2 aliphatic rings. The van der Waals surface area contributed by atoms with Gasteiger partial charge in [-0.05, 0) is 32.1 Å². The number of hydrogen-bond donors (Lipinski definition) is 0. The first-order valence-corrected chi connectivity index (χ1v) is 11.3. The van der Waals surface area contributed by atoms with Gasteiger partial charge in [-0.1, -0.05) is 30.9 Å². The van der Waals surface area contributed by atoms with E-state index in [0.717, 1.165) is 19.3 Å². The monoisotopic (exact) mass is 274 g/mol. The molecule has 1 saturated heterocycles. The molecule has 0 aromatic heterocycles. The molecule has 3 atom stereocenters. The summed E-state index contributed by atoms with van der Waals surface area (Å²) in [5.74, 6) is 0.212. The van der Waals surface area contributed by atoms with Crippen LogP contribution in [0.15, 0.2) is 11.3 Å². The maximum absolute atomic E-state index is 12.1. The second kappa shape index (κ2) is 4.21. The molecule has 1 fully saturated rings. The third-order valence-electron chi connectivity index (χ3n) is 3.78. The van der Waals surface area contributed by atoms with E-state index >= 15 is 0 Å². The predicted molar refractivity (Wildman–Crippen MR) is 72.0 cm³/mol. The Morgan fingerprint density at radius 1 is 1.35 bits per heavy atom. The second-order valence-corrected chi connectivity index (χ2v) is 13.1. The Balaban J connectivity index is 2.39. The summed E-state index contributed by atoms with van der Waals surface area (Å²) in [5.41, 5.74) is 0. The van der Waals surface area contributed by atoms with Crippen molar-refractivity contribution >= 4 is 18.2 Å². The van der Waals surface area contributed by atoms with Gasteiger partial charge in [0, 0.05) is 0 Å². The normalized spacial score (nSPS) is 37.2. The lowest BCUT2D eigenvalue weighted by Crippen LogP contribution is -2.47. The van der Waals surface area contributed by atoms with Gasteiger partial charge in [-0.25, -0.2) is 0 Å². The van der Waals surface area contributed by atoms with E-state index in [9.17, 15) is 8.42 Å². The summed E-state index contributed by atoms with van der Waals surface area (Å²) in [6.07, 6.45) is 4.62. The second-order valence-electron chi connectivity index (χ2n) is 6.27. The molecular weight excluding hydrogens is 252 g/mol. The fourth-order valence-electron chi connectivity index (χ4n) is 3.14. The van der Waals surface area contributed by atoms with E-state index in [1.54, 1.807) is 0 Å². The molecule has 0 unspecified atom stereocenters. The molecule has 98 valence electrons. The van der Waals surface area contributed by atoms with Gasteiger partial charge in [0.15, 0.2) is 0 Å². The van der Waals surface area contributed by atoms with Gasteiger partial charge in [0.2, 0.25) is 0 Å². The SMILES string of the molecule is C[C@@H]1C[C@@H]2C([Si](C)(C)C)=CCC[C@H]2S(=O)(=O)O1. The van der Waals surface area contributed by atoms with Crippen LogP contribution in [0.2, 0.25) is 19.6 Å². The van der Waals surface area contributed by atoms with E-state index in [-0.39, 0.29) is 17.3 Å². The molecule has 0 saturated carbocycles. The lowest BCUT2D eigenvalue weighted by atomic mass is 9.90. The molecule has 3 nitrogen and oxygen atoms in total. The Labute approximate surface area is 105 Å².